The van der Waals surface area contributed by atoms with Gasteiger partial charge in [-0.05, 0) is 25.3 Å². The minimum absolute atomic E-state index is 0.230. The second-order valence-corrected chi connectivity index (χ2v) is 4.14. The van der Waals surface area contributed by atoms with Gasteiger partial charge < -0.3 is 19.7 Å². The number of ether oxygens (including phenoxy) is 2. The third-order valence-corrected chi connectivity index (χ3v) is 3.10. The fraction of sp³-hybridized carbons (Fsp3) is 0.700. The summed E-state index contributed by atoms with van der Waals surface area (Å²) in [7, 11) is 0. The molecule has 1 fully saturated rings. The molecule has 5 nitrogen and oxygen atoms in total. The summed E-state index contributed by atoms with van der Waals surface area (Å²) >= 11 is 0. The predicted octanol–water partition coefficient (Wildman–Crippen LogP) is 0.284. The summed E-state index contributed by atoms with van der Waals surface area (Å²) in [5.74, 6) is -1.22. The normalized spacial score (nSPS) is 36.9. The molecule has 3 atom stereocenters. The zero-order valence-corrected chi connectivity index (χ0v) is 8.47. The maximum Gasteiger partial charge on any atom is 0.336 e. The van der Waals surface area contributed by atoms with E-state index in [4.69, 9.17) is 14.6 Å². The predicted molar refractivity (Wildman–Crippen MR) is 50.2 cm³/mol. The molecule has 0 aromatic rings. The van der Waals surface area contributed by atoms with Gasteiger partial charge in [0.05, 0.1) is 5.60 Å². The first-order valence-electron chi connectivity index (χ1n) is 4.90. The molecule has 0 aromatic carbocycles. The van der Waals surface area contributed by atoms with E-state index >= 15 is 0 Å². The van der Waals surface area contributed by atoms with Crippen LogP contribution in [0.3, 0.4) is 0 Å². The van der Waals surface area contributed by atoms with E-state index in [1.54, 1.807) is 6.08 Å². The maximum atomic E-state index is 10.6. The summed E-state index contributed by atoms with van der Waals surface area (Å²) in [4.78, 5) is 10.6. The fourth-order valence-corrected chi connectivity index (χ4v) is 2.00. The molecular formula is C10H14O5. The minimum atomic E-state index is -1.42. The number of carboxylic acid groups (broad SMARTS) is 1. The van der Waals surface area contributed by atoms with Gasteiger partial charge >= 0.3 is 5.97 Å². The van der Waals surface area contributed by atoms with E-state index < -0.39 is 12.1 Å². The van der Waals surface area contributed by atoms with Gasteiger partial charge in [0, 0.05) is 0 Å². The zero-order valence-electron chi connectivity index (χ0n) is 8.47. The minimum Gasteiger partial charge on any atom is -0.479 e. The molecular weight excluding hydrogens is 200 g/mol. The smallest absolute Gasteiger partial charge is 0.336 e. The van der Waals surface area contributed by atoms with Gasteiger partial charge in [-0.1, -0.05) is 6.08 Å². The first-order valence-corrected chi connectivity index (χ1v) is 4.90. The van der Waals surface area contributed by atoms with Crippen LogP contribution >= 0.6 is 0 Å². The fourth-order valence-electron chi connectivity index (χ4n) is 2.00. The Morgan fingerprint density at radius 2 is 2.47 bits per heavy atom. The Morgan fingerprint density at radius 3 is 3.13 bits per heavy atom. The molecule has 2 N–H and O–H groups in total. The van der Waals surface area contributed by atoms with Crippen molar-refractivity contribution in [1.82, 2.24) is 0 Å². The second-order valence-electron chi connectivity index (χ2n) is 4.14. The molecule has 5 heteroatoms. The number of aliphatic hydroxyl groups is 1. The van der Waals surface area contributed by atoms with Crippen molar-refractivity contribution >= 4 is 5.97 Å². The number of fused-ring (bicyclic) bond motifs is 1. The molecule has 0 radical (unpaired) electrons. The van der Waals surface area contributed by atoms with E-state index in [0.29, 0.717) is 18.4 Å². The van der Waals surface area contributed by atoms with Crippen LogP contribution in [0.4, 0.5) is 0 Å². The van der Waals surface area contributed by atoms with Crippen LogP contribution in [0.25, 0.3) is 0 Å². The van der Waals surface area contributed by atoms with Gasteiger partial charge in [-0.15, -0.1) is 0 Å². The Bertz CT molecular complexity index is 311. The second kappa shape index (κ2) is 3.59. The lowest BCUT2D eigenvalue weighted by molar-refractivity contribution is -0.144. The van der Waals surface area contributed by atoms with Crippen molar-refractivity contribution < 1.29 is 24.5 Å². The average molecular weight is 214 g/mol. The van der Waals surface area contributed by atoms with Crippen molar-refractivity contribution in [1.29, 1.82) is 0 Å². The Hall–Kier alpha value is -0.910. The molecule has 84 valence electrons. The number of rotatable bonds is 2. The molecule has 0 aromatic heterocycles. The van der Waals surface area contributed by atoms with E-state index in [2.05, 4.69) is 0 Å². The standard InChI is InChI=1S/C10H14O5/c1-10-3-2-6(8(11)9(12)13)4-7(10)14-5-15-10/h4,7-8,11H,2-3,5H2,1H3,(H,12,13). The quantitative estimate of drug-likeness (QED) is 0.646. The Morgan fingerprint density at radius 1 is 1.73 bits per heavy atom. The van der Waals surface area contributed by atoms with E-state index in [1.165, 1.54) is 0 Å². The Balaban J connectivity index is 2.17. The summed E-state index contributed by atoms with van der Waals surface area (Å²) in [5, 5.41) is 18.1. The molecule has 1 aliphatic heterocycles. The van der Waals surface area contributed by atoms with Crippen LogP contribution in [0.2, 0.25) is 0 Å². The van der Waals surface area contributed by atoms with Gasteiger partial charge in [-0.25, -0.2) is 4.79 Å². The van der Waals surface area contributed by atoms with E-state index in [0.717, 1.165) is 0 Å². The van der Waals surface area contributed by atoms with Crippen LogP contribution < -0.4 is 0 Å². The molecule has 1 aliphatic carbocycles. The Kier molecular flexibility index (Phi) is 2.54. The van der Waals surface area contributed by atoms with Crippen molar-refractivity contribution in [2.75, 3.05) is 6.79 Å². The van der Waals surface area contributed by atoms with E-state index in [1.807, 2.05) is 6.92 Å². The molecule has 2 rings (SSSR count). The van der Waals surface area contributed by atoms with Crippen molar-refractivity contribution in [2.24, 2.45) is 0 Å². The first kappa shape index (κ1) is 10.6. The van der Waals surface area contributed by atoms with Crippen LogP contribution in [0.1, 0.15) is 19.8 Å². The van der Waals surface area contributed by atoms with Crippen LogP contribution in [0.5, 0.6) is 0 Å². The van der Waals surface area contributed by atoms with Gasteiger partial charge in [0.1, 0.15) is 12.9 Å². The van der Waals surface area contributed by atoms with Crippen LogP contribution in [-0.2, 0) is 14.3 Å². The highest BCUT2D eigenvalue weighted by Crippen LogP contribution is 2.37. The Labute approximate surface area is 87.3 Å². The largest absolute Gasteiger partial charge is 0.479 e. The van der Waals surface area contributed by atoms with Gasteiger partial charge in [-0.2, -0.15) is 0 Å². The molecule has 1 heterocycles. The topological polar surface area (TPSA) is 76.0 Å². The zero-order chi connectivity index (χ0) is 11.1. The number of hydrogen-bond donors (Lipinski definition) is 2. The number of carbonyl (C=O) groups is 1. The number of aliphatic hydroxyl groups excluding tert-OH is 1. The SMILES string of the molecule is CC12CCC(C(O)C(=O)O)=CC1OCO2. The van der Waals surface area contributed by atoms with Gasteiger partial charge in [0.25, 0.3) is 0 Å². The summed E-state index contributed by atoms with van der Waals surface area (Å²) in [6.07, 6.45) is 1.22. The number of carboxylic acids is 1. The summed E-state index contributed by atoms with van der Waals surface area (Å²) in [6, 6.07) is 0. The monoisotopic (exact) mass is 214 g/mol. The highest BCUT2D eigenvalue weighted by Gasteiger charge is 2.43. The lowest BCUT2D eigenvalue weighted by Gasteiger charge is -2.32. The molecule has 0 amide bonds. The third kappa shape index (κ3) is 1.78. The van der Waals surface area contributed by atoms with Crippen molar-refractivity contribution in [2.45, 2.75) is 37.6 Å². The molecule has 0 bridgehead atoms. The maximum absolute atomic E-state index is 10.6. The number of aliphatic carboxylic acids is 1. The molecule has 15 heavy (non-hydrogen) atoms. The van der Waals surface area contributed by atoms with Crippen LogP contribution in [0, 0.1) is 0 Å². The molecule has 2 aliphatic rings. The molecule has 0 saturated carbocycles. The van der Waals surface area contributed by atoms with Crippen LogP contribution in [0.15, 0.2) is 11.6 Å². The van der Waals surface area contributed by atoms with Gasteiger partial charge in [-0.3, -0.25) is 0 Å². The third-order valence-electron chi connectivity index (χ3n) is 3.10. The van der Waals surface area contributed by atoms with E-state index in [-0.39, 0.29) is 18.5 Å². The average Bonchev–Trinajstić information content (AvgIpc) is 2.57. The lowest BCUT2D eigenvalue weighted by Crippen LogP contribution is -2.40. The van der Waals surface area contributed by atoms with Gasteiger partial charge in [0.15, 0.2) is 6.10 Å². The molecule has 1 saturated heterocycles. The van der Waals surface area contributed by atoms with Crippen molar-refractivity contribution in [3.05, 3.63) is 11.6 Å². The van der Waals surface area contributed by atoms with Crippen molar-refractivity contribution in [3.8, 4) is 0 Å². The summed E-state index contributed by atoms with van der Waals surface area (Å²) in [6.45, 7) is 2.17. The number of hydrogen-bond acceptors (Lipinski definition) is 4. The molecule has 0 spiro atoms. The van der Waals surface area contributed by atoms with E-state index in [9.17, 15) is 9.90 Å². The van der Waals surface area contributed by atoms with Gasteiger partial charge in [0.2, 0.25) is 0 Å². The van der Waals surface area contributed by atoms with Crippen LogP contribution in [-0.4, -0.2) is 40.8 Å². The lowest BCUT2D eigenvalue weighted by atomic mass is 9.83. The first-order chi connectivity index (χ1) is 7.03. The highest BCUT2D eigenvalue weighted by atomic mass is 16.7. The highest BCUT2D eigenvalue weighted by molar-refractivity contribution is 5.75. The summed E-state index contributed by atoms with van der Waals surface area (Å²) in [5.41, 5.74) is 0.150. The summed E-state index contributed by atoms with van der Waals surface area (Å²) < 4.78 is 10.8. The molecule has 3 unspecified atom stereocenters. The van der Waals surface area contributed by atoms with Crippen molar-refractivity contribution in [3.63, 3.8) is 0 Å².